The van der Waals surface area contributed by atoms with Crippen LogP contribution in [-0.2, 0) is 4.74 Å². The summed E-state index contributed by atoms with van der Waals surface area (Å²) in [5.74, 6) is 0.0315. The number of ether oxygens (including phenoxy) is 3. The Morgan fingerprint density at radius 1 is 1.21 bits per heavy atom. The normalized spacial score (nSPS) is 24.0. The molecule has 1 atom stereocenters. The number of fused-ring (bicyclic) bond motifs is 1. The summed E-state index contributed by atoms with van der Waals surface area (Å²) in [4.78, 5) is 23.4. The van der Waals surface area contributed by atoms with Crippen LogP contribution in [-0.4, -0.2) is 41.5 Å². The molecule has 29 heavy (non-hydrogen) atoms. The van der Waals surface area contributed by atoms with Crippen LogP contribution < -0.4 is 14.8 Å². The predicted octanol–water partition coefficient (Wildman–Crippen LogP) is 4.57. The molecule has 160 valence electrons. The highest BCUT2D eigenvalue weighted by Gasteiger charge is 2.35. The third kappa shape index (κ3) is 5.07. The van der Waals surface area contributed by atoms with Crippen molar-refractivity contribution in [1.82, 2.24) is 5.32 Å². The largest absolute Gasteiger partial charge is 0.484 e. The van der Waals surface area contributed by atoms with Crippen molar-refractivity contribution < 1.29 is 28.9 Å². The van der Waals surface area contributed by atoms with E-state index in [0.29, 0.717) is 23.7 Å². The van der Waals surface area contributed by atoms with E-state index in [1.807, 2.05) is 20.8 Å². The molecule has 0 radical (unpaired) electrons. The molecule has 0 unspecified atom stereocenters. The lowest BCUT2D eigenvalue weighted by Gasteiger charge is -2.37. The lowest BCUT2D eigenvalue weighted by molar-refractivity contribution is 0.0260. The number of benzene rings is 1. The fraction of sp³-hybridized carbons (Fsp3) is 0.619. The minimum atomic E-state index is -1.05. The van der Waals surface area contributed by atoms with E-state index in [0.717, 1.165) is 25.7 Å². The second-order valence-electron chi connectivity index (χ2n) is 8.72. The van der Waals surface area contributed by atoms with E-state index in [1.165, 1.54) is 6.07 Å². The monoisotopic (exact) mass is 425 g/mol. The van der Waals surface area contributed by atoms with Gasteiger partial charge in [0.05, 0.1) is 10.6 Å². The first-order valence-corrected chi connectivity index (χ1v) is 10.3. The topological polar surface area (TPSA) is 94.1 Å². The second-order valence-corrected chi connectivity index (χ2v) is 9.13. The van der Waals surface area contributed by atoms with E-state index in [2.05, 4.69) is 5.32 Å². The molecule has 1 heterocycles. The summed E-state index contributed by atoms with van der Waals surface area (Å²) < 4.78 is 17.3. The Labute approximate surface area is 175 Å². The fourth-order valence-corrected chi connectivity index (χ4v) is 4.14. The standard InChI is InChI=1S/C21H28ClNO6/c1-11-14(19(24)25)9-15(22)18-17(11)28-16(10-27-18)12-5-7-13(8-6-12)23-20(26)29-21(2,3)4/h9,12-13,16H,5-8,10H2,1-4H3,(H,23,26)(H,24,25)/t12?,13?,16-/m1/s1. The van der Waals surface area contributed by atoms with Gasteiger partial charge in [-0.2, -0.15) is 0 Å². The number of hydrogen-bond donors (Lipinski definition) is 2. The van der Waals surface area contributed by atoms with Crippen molar-refractivity contribution in [3.63, 3.8) is 0 Å². The number of halogens is 1. The van der Waals surface area contributed by atoms with Gasteiger partial charge in [0.1, 0.15) is 18.3 Å². The Balaban J connectivity index is 1.61. The molecule has 2 N–H and O–H groups in total. The van der Waals surface area contributed by atoms with Gasteiger partial charge in [-0.15, -0.1) is 0 Å². The molecule has 1 saturated carbocycles. The Hall–Kier alpha value is -2.15. The first-order valence-electron chi connectivity index (χ1n) is 9.90. The maximum Gasteiger partial charge on any atom is 0.407 e. The van der Waals surface area contributed by atoms with Crippen molar-refractivity contribution in [2.24, 2.45) is 5.92 Å². The van der Waals surface area contributed by atoms with Gasteiger partial charge >= 0.3 is 12.1 Å². The first kappa shape index (κ1) is 21.6. The van der Waals surface area contributed by atoms with E-state index < -0.39 is 17.7 Å². The van der Waals surface area contributed by atoms with E-state index in [4.69, 9.17) is 25.8 Å². The maximum absolute atomic E-state index is 12.0. The predicted molar refractivity (Wildman–Crippen MR) is 108 cm³/mol. The first-order chi connectivity index (χ1) is 13.5. The summed E-state index contributed by atoms with van der Waals surface area (Å²) in [6.45, 7) is 7.59. The van der Waals surface area contributed by atoms with Crippen molar-refractivity contribution in [3.8, 4) is 11.5 Å². The second kappa shape index (κ2) is 8.30. The molecule has 3 rings (SSSR count). The Morgan fingerprint density at radius 2 is 1.86 bits per heavy atom. The van der Waals surface area contributed by atoms with E-state index >= 15 is 0 Å². The van der Waals surface area contributed by atoms with Crippen molar-refractivity contribution in [1.29, 1.82) is 0 Å². The lowest BCUT2D eigenvalue weighted by Crippen LogP contribution is -2.44. The molecule has 1 amide bonds. The number of carboxylic acids is 1. The number of rotatable bonds is 3. The highest BCUT2D eigenvalue weighted by atomic mass is 35.5. The zero-order valence-electron chi connectivity index (χ0n) is 17.2. The Kier molecular flexibility index (Phi) is 6.17. The molecule has 2 aliphatic rings. The van der Waals surface area contributed by atoms with Gasteiger partial charge in [-0.3, -0.25) is 0 Å². The van der Waals surface area contributed by atoms with Gasteiger partial charge in [0.15, 0.2) is 11.5 Å². The van der Waals surface area contributed by atoms with Crippen LogP contribution in [0.2, 0.25) is 5.02 Å². The van der Waals surface area contributed by atoms with Crippen LogP contribution in [0.5, 0.6) is 11.5 Å². The van der Waals surface area contributed by atoms with Gasteiger partial charge in [-0.25, -0.2) is 9.59 Å². The molecule has 8 heteroatoms. The SMILES string of the molecule is Cc1c(C(=O)O)cc(Cl)c2c1O[C@@H](C1CCC(NC(=O)OC(C)(C)C)CC1)CO2. The third-order valence-electron chi connectivity index (χ3n) is 5.35. The summed E-state index contributed by atoms with van der Waals surface area (Å²) >= 11 is 6.19. The number of amides is 1. The van der Waals surface area contributed by atoms with Gasteiger partial charge in [-0.05, 0) is 65.4 Å². The van der Waals surface area contributed by atoms with Gasteiger partial charge in [0.2, 0.25) is 0 Å². The van der Waals surface area contributed by atoms with Gasteiger partial charge in [0.25, 0.3) is 0 Å². The lowest BCUT2D eigenvalue weighted by atomic mass is 9.82. The highest BCUT2D eigenvalue weighted by molar-refractivity contribution is 6.32. The van der Waals surface area contributed by atoms with Crippen molar-refractivity contribution in [2.75, 3.05) is 6.61 Å². The smallest absolute Gasteiger partial charge is 0.407 e. The van der Waals surface area contributed by atoms with Crippen molar-refractivity contribution in [2.45, 2.75) is 71.1 Å². The van der Waals surface area contributed by atoms with Crippen LogP contribution in [0.1, 0.15) is 62.4 Å². The summed E-state index contributed by atoms with van der Waals surface area (Å²) in [5.41, 5.74) is 0.112. The quantitative estimate of drug-likeness (QED) is 0.736. The molecule has 0 spiro atoms. The third-order valence-corrected chi connectivity index (χ3v) is 5.63. The number of hydrogen-bond acceptors (Lipinski definition) is 5. The maximum atomic E-state index is 12.0. The zero-order valence-corrected chi connectivity index (χ0v) is 18.0. The fourth-order valence-electron chi connectivity index (χ4n) is 3.89. The molecule has 0 aromatic heterocycles. The number of carboxylic acid groups (broad SMARTS) is 1. The van der Waals surface area contributed by atoms with Crippen LogP contribution in [0.4, 0.5) is 4.79 Å². The van der Waals surface area contributed by atoms with Crippen LogP contribution in [0, 0.1) is 12.8 Å². The highest BCUT2D eigenvalue weighted by Crippen LogP contribution is 2.44. The number of carbonyl (C=O) groups excluding carboxylic acids is 1. The molecule has 1 aliphatic carbocycles. The van der Waals surface area contributed by atoms with Gasteiger partial charge < -0.3 is 24.6 Å². The molecule has 1 fully saturated rings. The average Bonchev–Trinajstić information content (AvgIpc) is 2.63. The molecule has 7 nitrogen and oxygen atoms in total. The van der Waals surface area contributed by atoms with Crippen LogP contribution in [0.15, 0.2) is 6.07 Å². The molecule has 0 saturated heterocycles. The van der Waals surface area contributed by atoms with E-state index in [-0.39, 0.29) is 28.6 Å². The average molecular weight is 426 g/mol. The van der Waals surface area contributed by atoms with E-state index in [9.17, 15) is 14.7 Å². The molecular weight excluding hydrogens is 398 g/mol. The molecule has 0 bridgehead atoms. The Morgan fingerprint density at radius 3 is 2.45 bits per heavy atom. The summed E-state index contributed by atoms with van der Waals surface area (Å²) in [7, 11) is 0. The minimum absolute atomic E-state index is 0.0766. The van der Waals surface area contributed by atoms with Crippen molar-refractivity contribution in [3.05, 3.63) is 22.2 Å². The molecule has 1 aliphatic heterocycles. The molecule has 1 aromatic rings. The summed E-state index contributed by atoms with van der Waals surface area (Å²) in [6, 6.07) is 1.47. The number of aromatic carboxylic acids is 1. The van der Waals surface area contributed by atoms with Crippen LogP contribution >= 0.6 is 11.6 Å². The molecular formula is C21H28ClNO6. The van der Waals surface area contributed by atoms with Gasteiger partial charge in [-0.1, -0.05) is 11.6 Å². The van der Waals surface area contributed by atoms with Crippen LogP contribution in [0.25, 0.3) is 0 Å². The zero-order chi connectivity index (χ0) is 21.3. The molecule has 1 aromatic carbocycles. The Bertz CT molecular complexity index is 795. The van der Waals surface area contributed by atoms with Crippen molar-refractivity contribution >= 4 is 23.7 Å². The summed E-state index contributed by atoms with van der Waals surface area (Å²) in [5, 5.41) is 12.6. The van der Waals surface area contributed by atoms with Crippen LogP contribution in [0.3, 0.4) is 0 Å². The summed E-state index contributed by atoms with van der Waals surface area (Å²) in [6.07, 6.45) is 2.82. The number of nitrogens with one attached hydrogen (secondary N) is 1. The number of alkyl carbamates (subject to hydrolysis) is 1. The van der Waals surface area contributed by atoms with E-state index in [1.54, 1.807) is 6.92 Å². The van der Waals surface area contributed by atoms with Gasteiger partial charge in [0, 0.05) is 11.6 Å². The number of carbonyl (C=O) groups is 2. The minimum Gasteiger partial charge on any atom is -0.484 e.